The van der Waals surface area contributed by atoms with E-state index in [1.165, 1.54) is 12.1 Å². The van der Waals surface area contributed by atoms with Crippen molar-refractivity contribution in [3.8, 4) is 11.5 Å². The summed E-state index contributed by atoms with van der Waals surface area (Å²) in [6, 6.07) is 19.2. The van der Waals surface area contributed by atoms with Gasteiger partial charge in [-0.3, -0.25) is 4.79 Å². The summed E-state index contributed by atoms with van der Waals surface area (Å²) in [5, 5.41) is 0. The molecule has 1 aliphatic rings. The average Bonchev–Trinajstić information content (AvgIpc) is 3.27. The lowest BCUT2D eigenvalue weighted by Gasteiger charge is -2.19. The molecule has 0 bridgehead atoms. The van der Waals surface area contributed by atoms with Crippen LogP contribution < -0.4 is 14.2 Å². The fourth-order valence-electron chi connectivity index (χ4n) is 3.44. The monoisotopic (exact) mass is 452 g/mol. The van der Waals surface area contributed by atoms with Gasteiger partial charge in [0.25, 0.3) is 5.91 Å². The number of rotatable bonds is 7. The molecule has 0 spiro atoms. The van der Waals surface area contributed by atoms with Gasteiger partial charge in [-0.1, -0.05) is 36.4 Å². The maximum atomic E-state index is 12.9. The molecule has 32 heavy (non-hydrogen) atoms. The number of carbonyl (C=O) groups is 1. The fraction of sp³-hybridized carbons (Fsp3) is 0.208. The summed E-state index contributed by atoms with van der Waals surface area (Å²) < 4.78 is 38.8. The summed E-state index contributed by atoms with van der Waals surface area (Å²) in [7, 11) is -2.11. The van der Waals surface area contributed by atoms with Crippen LogP contribution in [0.4, 0.5) is 0 Å². The van der Waals surface area contributed by atoms with Gasteiger partial charge in [0.1, 0.15) is 0 Å². The highest BCUT2D eigenvalue weighted by Gasteiger charge is 2.19. The van der Waals surface area contributed by atoms with Gasteiger partial charge in [-0.2, -0.15) is 0 Å². The standard InChI is InChI=1S/C24H24N2O5S/c1-17-6-3-4-7-20(17)15-26(2)24(27)19-8-5-9-21(13-19)32(28,29)25-14-18-10-11-22-23(12-18)31-16-30-22/h3-13,25H,14-16H2,1-2H3. The van der Waals surface area contributed by atoms with Crippen LogP contribution in [-0.4, -0.2) is 33.1 Å². The van der Waals surface area contributed by atoms with Crippen LogP contribution in [0.1, 0.15) is 27.0 Å². The second-order valence-electron chi connectivity index (χ2n) is 7.63. The average molecular weight is 453 g/mol. The topological polar surface area (TPSA) is 84.9 Å². The normalized spacial score (nSPS) is 12.6. The van der Waals surface area contributed by atoms with Crippen LogP contribution in [0.25, 0.3) is 0 Å². The molecule has 0 unspecified atom stereocenters. The molecule has 1 aliphatic heterocycles. The number of sulfonamides is 1. The van der Waals surface area contributed by atoms with Gasteiger partial charge in [0.15, 0.2) is 11.5 Å². The first kappa shape index (κ1) is 21.9. The quantitative estimate of drug-likeness (QED) is 0.593. The summed E-state index contributed by atoms with van der Waals surface area (Å²) in [6.07, 6.45) is 0. The van der Waals surface area contributed by atoms with Crippen molar-refractivity contribution in [2.24, 2.45) is 0 Å². The number of amides is 1. The third kappa shape index (κ3) is 4.76. The van der Waals surface area contributed by atoms with Gasteiger partial charge in [-0.05, 0) is 53.9 Å². The number of nitrogens with one attached hydrogen (secondary N) is 1. The maximum Gasteiger partial charge on any atom is 0.253 e. The zero-order valence-electron chi connectivity index (χ0n) is 17.9. The summed E-state index contributed by atoms with van der Waals surface area (Å²) in [4.78, 5) is 14.5. The van der Waals surface area contributed by atoms with E-state index in [0.29, 0.717) is 23.6 Å². The van der Waals surface area contributed by atoms with E-state index in [1.807, 2.05) is 31.2 Å². The third-order valence-electron chi connectivity index (χ3n) is 5.31. The Morgan fingerprint density at radius 1 is 1.00 bits per heavy atom. The van der Waals surface area contributed by atoms with Gasteiger partial charge >= 0.3 is 0 Å². The molecule has 0 radical (unpaired) electrons. The molecule has 1 heterocycles. The van der Waals surface area contributed by atoms with Crippen LogP contribution in [0.5, 0.6) is 11.5 Å². The van der Waals surface area contributed by atoms with E-state index in [-0.39, 0.29) is 24.1 Å². The molecule has 0 saturated carbocycles. The van der Waals surface area contributed by atoms with Gasteiger partial charge < -0.3 is 14.4 Å². The van der Waals surface area contributed by atoms with E-state index in [2.05, 4.69) is 4.72 Å². The summed E-state index contributed by atoms with van der Waals surface area (Å²) in [6.45, 7) is 2.67. The molecule has 3 aromatic rings. The van der Waals surface area contributed by atoms with Crippen LogP contribution in [0.15, 0.2) is 71.6 Å². The number of carbonyl (C=O) groups excluding carboxylic acids is 1. The molecule has 0 aliphatic carbocycles. The van der Waals surface area contributed by atoms with E-state index < -0.39 is 10.0 Å². The summed E-state index contributed by atoms with van der Waals surface area (Å²) >= 11 is 0. The lowest BCUT2D eigenvalue weighted by Crippen LogP contribution is -2.27. The predicted molar refractivity (Wildman–Crippen MR) is 120 cm³/mol. The molecule has 0 saturated heterocycles. The van der Waals surface area contributed by atoms with E-state index in [0.717, 1.165) is 16.7 Å². The highest BCUT2D eigenvalue weighted by molar-refractivity contribution is 7.89. The van der Waals surface area contributed by atoms with Crippen LogP contribution in [0, 0.1) is 6.92 Å². The Bertz CT molecular complexity index is 1260. The van der Waals surface area contributed by atoms with Gasteiger partial charge in [-0.25, -0.2) is 13.1 Å². The van der Waals surface area contributed by atoms with Crippen molar-refractivity contribution in [1.29, 1.82) is 0 Å². The smallest absolute Gasteiger partial charge is 0.253 e. The van der Waals surface area contributed by atoms with Gasteiger partial charge in [0.2, 0.25) is 16.8 Å². The number of ether oxygens (including phenoxy) is 2. The first-order valence-electron chi connectivity index (χ1n) is 10.1. The molecule has 3 aromatic carbocycles. The van der Waals surface area contributed by atoms with Crippen LogP contribution >= 0.6 is 0 Å². The van der Waals surface area contributed by atoms with Crippen molar-refractivity contribution in [2.75, 3.05) is 13.8 Å². The Morgan fingerprint density at radius 2 is 1.78 bits per heavy atom. The summed E-state index contributed by atoms with van der Waals surface area (Å²) in [5.74, 6) is 0.977. The fourth-order valence-corrected chi connectivity index (χ4v) is 4.51. The lowest BCUT2D eigenvalue weighted by atomic mass is 10.1. The minimum Gasteiger partial charge on any atom is -0.454 e. The second-order valence-corrected chi connectivity index (χ2v) is 9.39. The molecular formula is C24H24N2O5S. The van der Waals surface area contributed by atoms with Gasteiger partial charge in [-0.15, -0.1) is 0 Å². The van der Waals surface area contributed by atoms with E-state index in [9.17, 15) is 13.2 Å². The minimum atomic E-state index is -3.81. The maximum absolute atomic E-state index is 12.9. The van der Waals surface area contributed by atoms with Crippen molar-refractivity contribution in [3.63, 3.8) is 0 Å². The third-order valence-corrected chi connectivity index (χ3v) is 6.71. The second kappa shape index (κ2) is 9.02. The molecule has 0 fully saturated rings. The predicted octanol–water partition coefficient (Wildman–Crippen LogP) is 3.47. The minimum absolute atomic E-state index is 0.0355. The largest absolute Gasteiger partial charge is 0.454 e. The van der Waals surface area contributed by atoms with E-state index >= 15 is 0 Å². The Labute approximate surface area is 187 Å². The number of fused-ring (bicyclic) bond motifs is 1. The summed E-state index contributed by atoms with van der Waals surface area (Å²) in [5.41, 5.74) is 3.18. The Balaban J connectivity index is 1.46. The number of hydrogen-bond acceptors (Lipinski definition) is 5. The zero-order chi connectivity index (χ0) is 22.7. The van der Waals surface area contributed by atoms with Crippen LogP contribution in [-0.2, 0) is 23.1 Å². The number of benzene rings is 3. The van der Waals surface area contributed by atoms with Crippen molar-refractivity contribution in [3.05, 3.63) is 89.0 Å². The van der Waals surface area contributed by atoms with Crippen molar-refractivity contribution < 1.29 is 22.7 Å². The Kier molecular flexibility index (Phi) is 6.16. The lowest BCUT2D eigenvalue weighted by molar-refractivity contribution is 0.0784. The van der Waals surface area contributed by atoms with Crippen molar-refractivity contribution in [1.82, 2.24) is 9.62 Å². The van der Waals surface area contributed by atoms with Crippen LogP contribution in [0.2, 0.25) is 0 Å². The molecular weight excluding hydrogens is 428 g/mol. The molecule has 1 N–H and O–H groups in total. The molecule has 0 atom stereocenters. The number of hydrogen-bond donors (Lipinski definition) is 1. The van der Waals surface area contributed by atoms with E-state index in [4.69, 9.17) is 9.47 Å². The highest BCUT2D eigenvalue weighted by Crippen LogP contribution is 2.32. The van der Waals surface area contributed by atoms with E-state index in [1.54, 1.807) is 42.3 Å². The van der Waals surface area contributed by atoms with Gasteiger partial charge in [0.05, 0.1) is 4.90 Å². The Hall–Kier alpha value is -3.36. The molecule has 8 heteroatoms. The van der Waals surface area contributed by atoms with Crippen molar-refractivity contribution >= 4 is 15.9 Å². The molecule has 166 valence electrons. The first-order chi connectivity index (χ1) is 15.3. The Morgan fingerprint density at radius 3 is 2.59 bits per heavy atom. The van der Waals surface area contributed by atoms with Gasteiger partial charge in [0, 0.05) is 25.7 Å². The molecule has 0 aromatic heterocycles. The number of aryl methyl sites for hydroxylation is 1. The zero-order valence-corrected chi connectivity index (χ0v) is 18.7. The molecule has 1 amide bonds. The molecule has 4 rings (SSSR count). The SMILES string of the molecule is Cc1ccccc1CN(C)C(=O)c1cccc(S(=O)(=O)NCc2ccc3c(c2)OCO3)c1. The first-order valence-corrected chi connectivity index (χ1v) is 11.6. The number of nitrogens with zero attached hydrogens (tertiary/aromatic N) is 1. The molecule has 7 nitrogen and oxygen atoms in total. The van der Waals surface area contributed by atoms with Crippen molar-refractivity contribution in [2.45, 2.75) is 24.9 Å². The van der Waals surface area contributed by atoms with Crippen LogP contribution in [0.3, 0.4) is 0 Å². The highest BCUT2D eigenvalue weighted by atomic mass is 32.2.